The molecule has 0 nitrogen and oxygen atoms in total. The zero-order valence-corrected chi connectivity index (χ0v) is 67.1. The summed E-state index contributed by atoms with van der Waals surface area (Å²) in [6.07, 6.45) is 0. The summed E-state index contributed by atoms with van der Waals surface area (Å²) in [6.45, 7) is 44.6. The minimum absolute atomic E-state index is 0.0280. The molecule has 0 unspecified atom stereocenters. The highest BCUT2D eigenvalue weighted by molar-refractivity contribution is 5.82. The molecule has 0 atom stereocenters. The second kappa shape index (κ2) is 36.9. The molecule has 0 radical (unpaired) electrons. The third kappa shape index (κ3) is 23.4. The van der Waals surface area contributed by atoms with Crippen LogP contribution in [0.2, 0.25) is 0 Å². The van der Waals surface area contributed by atoms with Crippen LogP contribution in [0.3, 0.4) is 0 Å². The largest absolute Gasteiger partial charge is 0.0632 e. The second-order valence-corrected chi connectivity index (χ2v) is 32.9. The second-order valence-electron chi connectivity index (χ2n) is 32.9. The monoisotopic (exact) mass is 1430 g/mol. The van der Waals surface area contributed by atoms with Crippen LogP contribution in [0.15, 0.2) is 333 Å². The molecule has 0 amide bonds. The van der Waals surface area contributed by atoms with Crippen molar-refractivity contribution < 1.29 is 31.5 Å². The number of rotatable bonds is 8. The van der Waals surface area contributed by atoms with Crippen LogP contribution in [0.1, 0.15) is 226 Å². The third-order valence-electron chi connectivity index (χ3n) is 17.6. The van der Waals surface area contributed by atoms with E-state index in [0.717, 1.165) is 11.1 Å². The van der Waals surface area contributed by atoms with Crippen LogP contribution in [-0.2, 0) is 32.5 Å². The minimum Gasteiger partial charge on any atom is -0.0622 e. The Morgan fingerprint density at radius 3 is 0.888 bits per heavy atom. The molecule has 13 aromatic rings. The van der Waals surface area contributed by atoms with Gasteiger partial charge in [-0.1, -0.05) is 483 Å². The van der Waals surface area contributed by atoms with E-state index in [4.69, 9.17) is 31.5 Å². The highest BCUT2D eigenvalue weighted by Gasteiger charge is 2.26. The maximum atomic E-state index is 8.59. The van der Waals surface area contributed by atoms with Gasteiger partial charge in [0.25, 0.3) is 0 Å². The predicted octanol–water partition coefficient (Wildman–Crippen LogP) is 31.3. The number of hydrogen-bond donors (Lipinski definition) is 0. The number of hydrogen-bond acceptors (Lipinski definition) is 0. The van der Waals surface area contributed by atoms with Crippen molar-refractivity contribution in [3.8, 4) is 77.9 Å². The summed E-state index contributed by atoms with van der Waals surface area (Å²) < 4.78 is 186. The predicted molar refractivity (Wildman–Crippen MR) is 472 cm³/mol. The van der Waals surface area contributed by atoms with E-state index in [0.29, 0.717) is 33.4 Å². The van der Waals surface area contributed by atoms with E-state index in [1.165, 1.54) is 50.1 Å². The lowest BCUT2D eigenvalue weighted by Crippen LogP contribution is -2.14. The highest BCUT2D eigenvalue weighted by atomic mass is 14.3. The van der Waals surface area contributed by atoms with E-state index in [-0.39, 0.29) is 140 Å². The van der Waals surface area contributed by atoms with Crippen molar-refractivity contribution in [3.05, 3.63) is 383 Å². The van der Waals surface area contributed by atoms with Crippen molar-refractivity contribution in [1.29, 1.82) is 0 Å². The van der Waals surface area contributed by atoms with Gasteiger partial charge in [0.1, 0.15) is 0 Å². The van der Waals surface area contributed by atoms with Crippen LogP contribution >= 0.6 is 0 Å². The Hall–Kier alpha value is -10.1. The lowest BCUT2D eigenvalue weighted by atomic mass is 9.77. The smallest absolute Gasteiger partial charge is 0.0622 e. The van der Waals surface area contributed by atoms with Crippen LogP contribution in [0.4, 0.5) is 0 Å². The van der Waals surface area contributed by atoms with Gasteiger partial charge in [0.2, 0.25) is 0 Å². The highest BCUT2D eigenvalue weighted by Crippen LogP contribution is 2.43. The van der Waals surface area contributed by atoms with Gasteiger partial charge < -0.3 is 0 Å². The maximum absolute atomic E-state index is 8.59. The Morgan fingerprint density at radius 1 is 0.224 bits per heavy atom. The van der Waals surface area contributed by atoms with E-state index in [2.05, 4.69) is 214 Å². The molecular weight excluding hydrogens is 1290 g/mol. The topological polar surface area (TPSA) is 0 Å². The fourth-order valence-corrected chi connectivity index (χ4v) is 12.8. The van der Waals surface area contributed by atoms with Gasteiger partial charge in [-0.05, 0) is 169 Å². The molecule has 550 valence electrons. The molecule has 107 heavy (non-hydrogen) atoms. The molecule has 0 aromatic heterocycles. The van der Waals surface area contributed by atoms with Gasteiger partial charge in [0.15, 0.2) is 0 Å². The first-order chi connectivity index (χ1) is 60.1. The van der Waals surface area contributed by atoms with Crippen molar-refractivity contribution in [2.75, 3.05) is 0 Å². The first-order valence-electron chi connectivity index (χ1n) is 48.2. The Morgan fingerprint density at radius 2 is 0.514 bits per heavy atom. The maximum Gasteiger partial charge on any atom is 0.0632 e. The molecule has 0 saturated heterocycles. The quantitative estimate of drug-likeness (QED) is 0.142. The van der Waals surface area contributed by atoms with E-state index in [1.807, 2.05) is 106 Å². The molecular formula is C107H122. The van der Waals surface area contributed by atoms with Crippen LogP contribution in [0.5, 0.6) is 0 Å². The van der Waals surface area contributed by atoms with Gasteiger partial charge in [-0.3, -0.25) is 0 Å². The zero-order valence-electron chi connectivity index (χ0n) is 90.1. The Kier molecular flexibility index (Phi) is 19.1. The normalized spacial score (nSPS) is 14.7. The Bertz CT molecular complexity index is 5990. The summed E-state index contributed by atoms with van der Waals surface area (Å²) in [6, 6.07) is 61.4. The zero-order chi connectivity index (χ0) is 97.8. The van der Waals surface area contributed by atoms with Crippen LogP contribution in [0, 0.1) is 13.8 Å². The van der Waals surface area contributed by atoms with Crippen LogP contribution < -0.4 is 0 Å². The average molecular weight is 1430 g/mol. The molecule has 0 aliphatic rings. The molecule has 0 bridgehead atoms. The van der Waals surface area contributed by atoms with Gasteiger partial charge in [-0.25, -0.2) is 0 Å². The van der Waals surface area contributed by atoms with Crippen molar-refractivity contribution in [3.63, 3.8) is 0 Å². The van der Waals surface area contributed by atoms with Gasteiger partial charge >= 0.3 is 0 Å². The van der Waals surface area contributed by atoms with E-state index in [1.54, 1.807) is 32.0 Å². The fraction of sp³-hybridized carbons (Fsp3) is 0.271. The summed E-state index contributed by atoms with van der Waals surface area (Å²) in [4.78, 5) is 0. The Balaban J connectivity index is 0.000000196. The molecule has 0 heterocycles. The Labute approximate surface area is 680 Å². The van der Waals surface area contributed by atoms with Gasteiger partial charge in [0, 0.05) is 1.37 Å². The van der Waals surface area contributed by atoms with Crippen molar-refractivity contribution in [2.45, 2.75) is 191 Å². The molecule has 0 aliphatic carbocycles. The lowest BCUT2D eigenvalue weighted by molar-refractivity contribution is 0.577. The lowest BCUT2D eigenvalue weighted by Gasteiger charge is -2.27. The van der Waals surface area contributed by atoms with Crippen molar-refractivity contribution >= 4 is 0 Å². The third-order valence-corrected chi connectivity index (χ3v) is 17.6. The summed E-state index contributed by atoms with van der Waals surface area (Å²) in [5.41, 5.74) is 16.8. The molecule has 0 heteroatoms. The fourth-order valence-electron chi connectivity index (χ4n) is 12.8. The van der Waals surface area contributed by atoms with E-state index >= 15 is 0 Å². The molecule has 0 aliphatic heterocycles. The van der Waals surface area contributed by atoms with Crippen molar-refractivity contribution in [1.82, 2.24) is 0 Å². The molecule has 0 fully saturated rings. The molecule has 0 spiro atoms. The minimum atomic E-state index is -0.608. The standard InChI is InChI=1S/C23H24.C22H22.C17H20.2C16H18.C13H20/c1-17-10-8-13-19(16-17)21-15-9-14-20(22(21)23(2,3)4)18-11-6-5-7-12-18;1-22(2,3)21-19(17-11-6-4-7-12-17)15-10-16-20(21)18-13-8-5-9-14-18;1-13-10-11-15(14-8-6-5-7-9-14)16(12-13)17(2,3)4;2*1-16(2,3)15-12-8-7-11-14(15)13-9-5-4-6-10-13;1-10(2)11-8-6-7-9-12(11)13(3,4)5/h5-16H,1-4H3;4-16H,1-3H3;5-12H,1-4H3;2*4-12H,1-3H3;6-10H,1-5H3/i5D,6D,7D,8D,10D,11D,12D,13D,16D;;5D,6D,7D,8D,9D,10D,11D,12D;4D,5D,6D,9D,10D;;10D. The average Bonchev–Trinajstić information content (AvgIpc) is 0.735. The summed E-state index contributed by atoms with van der Waals surface area (Å²) >= 11 is 0. The first kappa shape index (κ1) is 55.3. The first-order valence-corrected chi connectivity index (χ1v) is 36.7. The SMILES string of the molecule is CC(C)(C)c1c(-c2ccccc2)cccc1-c1ccccc1.CC(C)(C)c1ccccc1-c1ccccc1.[2H]C(C)(C)c1ccccc1C(C)(C)C.[2H]c1c([2H])c([2H])c(-c2c([2H])c([2H])c(C)c([2H])c2C(C)(C)C)c([2H])c1[2H].[2H]c1c([2H])c([2H])c(-c2cccc(-c3c([2H])c([2H])c([2H])c(C)c3[2H])c2C(C)(C)C)c([2H])c1[2H].[2H]c1c([2H])c([2H])c(-c2ccccc2C(C)(C)C)c([2H])c1[2H]. The summed E-state index contributed by atoms with van der Waals surface area (Å²) in [5.74, 6) is -0.510. The van der Waals surface area contributed by atoms with Gasteiger partial charge in [-0.15, -0.1) is 0 Å². The molecule has 0 N–H and O–H groups in total. The summed E-state index contributed by atoms with van der Waals surface area (Å²) in [5, 5.41) is 0. The van der Waals surface area contributed by atoms with Gasteiger partial charge in [-0.2, -0.15) is 0 Å². The molecule has 13 rings (SSSR count). The van der Waals surface area contributed by atoms with Crippen LogP contribution in [-0.4, -0.2) is 0 Å². The summed E-state index contributed by atoms with van der Waals surface area (Å²) in [7, 11) is 0. The van der Waals surface area contributed by atoms with E-state index < -0.39 is 65.1 Å². The van der Waals surface area contributed by atoms with Gasteiger partial charge in [0.05, 0.1) is 30.2 Å². The molecule has 13 aromatic carbocycles. The molecule has 0 saturated carbocycles. The van der Waals surface area contributed by atoms with Crippen LogP contribution in [0.25, 0.3) is 77.9 Å². The number of benzene rings is 13. The van der Waals surface area contributed by atoms with E-state index in [9.17, 15) is 0 Å². The van der Waals surface area contributed by atoms with Crippen molar-refractivity contribution in [2.24, 2.45) is 0 Å².